The molecule has 0 amide bonds. The number of hydrogen-bond acceptors (Lipinski definition) is 3. The third-order valence-electron chi connectivity index (χ3n) is 5.39. The third kappa shape index (κ3) is 2.23. The van der Waals surface area contributed by atoms with E-state index >= 15 is 0 Å². The average Bonchev–Trinajstić information content (AvgIpc) is 3.05. The molecule has 3 nitrogen and oxygen atoms in total. The highest BCUT2D eigenvalue weighted by atomic mass is 16.5. The zero-order chi connectivity index (χ0) is 13.5. The number of ether oxygens (including phenoxy) is 1. The lowest BCUT2D eigenvalue weighted by molar-refractivity contribution is 0.259. The minimum absolute atomic E-state index is 0.437. The quantitative estimate of drug-likeness (QED) is 0.897. The molecule has 2 fully saturated rings. The molecule has 3 atom stereocenters. The van der Waals surface area contributed by atoms with Crippen molar-refractivity contribution in [2.45, 2.75) is 38.3 Å². The minimum atomic E-state index is 0.437. The number of rotatable bonds is 2. The van der Waals surface area contributed by atoms with Crippen LogP contribution in [0.4, 0.5) is 0 Å². The maximum Gasteiger partial charge on any atom is 0.122 e. The first kappa shape index (κ1) is 12.7. The van der Waals surface area contributed by atoms with Crippen molar-refractivity contribution >= 4 is 0 Å². The van der Waals surface area contributed by atoms with Crippen LogP contribution in [0.25, 0.3) is 0 Å². The molecule has 2 N–H and O–H groups in total. The first-order valence-corrected chi connectivity index (χ1v) is 8.02. The van der Waals surface area contributed by atoms with Crippen LogP contribution in [0.15, 0.2) is 18.2 Å². The fraction of sp³-hybridized carbons (Fsp3) is 0.647. The zero-order valence-electron chi connectivity index (χ0n) is 12.1. The van der Waals surface area contributed by atoms with E-state index in [0.717, 1.165) is 37.2 Å². The Kier molecular flexibility index (Phi) is 3.20. The second-order valence-corrected chi connectivity index (χ2v) is 6.75. The summed E-state index contributed by atoms with van der Waals surface area (Å²) in [4.78, 5) is 2.61. The van der Waals surface area contributed by atoms with Gasteiger partial charge in [-0.05, 0) is 41.9 Å². The molecule has 1 aromatic rings. The monoisotopic (exact) mass is 272 g/mol. The minimum Gasteiger partial charge on any atom is -0.493 e. The molecule has 20 heavy (non-hydrogen) atoms. The van der Waals surface area contributed by atoms with Crippen molar-refractivity contribution in [2.75, 3.05) is 19.7 Å². The molecule has 1 saturated heterocycles. The highest BCUT2D eigenvalue weighted by Gasteiger charge is 2.38. The maximum atomic E-state index is 6.31. The Labute approximate surface area is 121 Å². The van der Waals surface area contributed by atoms with E-state index in [1.807, 2.05) is 0 Å². The van der Waals surface area contributed by atoms with Gasteiger partial charge in [0.05, 0.1) is 6.61 Å². The van der Waals surface area contributed by atoms with E-state index in [-0.39, 0.29) is 0 Å². The van der Waals surface area contributed by atoms with Crippen molar-refractivity contribution in [3.63, 3.8) is 0 Å². The Morgan fingerprint density at radius 1 is 1.25 bits per heavy atom. The third-order valence-corrected chi connectivity index (χ3v) is 5.39. The summed E-state index contributed by atoms with van der Waals surface area (Å²) < 4.78 is 5.58. The first-order valence-electron chi connectivity index (χ1n) is 8.02. The van der Waals surface area contributed by atoms with Crippen molar-refractivity contribution in [3.05, 3.63) is 29.3 Å². The van der Waals surface area contributed by atoms with Crippen molar-refractivity contribution in [2.24, 2.45) is 17.6 Å². The average molecular weight is 272 g/mol. The standard InChI is InChI=1S/C17H24N2O/c18-16-3-1-2-14-10-19(11-15(14)16)9-12-4-5-17-13(8-12)6-7-20-17/h4-5,8,14-16H,1-3,6-7,9-11,18H2. The Balaban J connectivity index is 1.45. The van der Waals surface area contributed by atoms with Gasteiger partial charge < -0.3 is 10.5 Å². The van der Waals surface area contributed by atoms with Gasteiger partial charge >= 0.3 is 0 Å². The first-order chi connectivity index (χ1) is 9.79. The van der Waals surface area contributed by atoms with Crippen LogP contribution >= 0.6 is 0 Å². The lowest BCUT2D eigenvalue weighted by Crippen LogP contribution is -2.38. The van der Waals surface area contributed by atoms with Gasteiger partial charge in [-0.2, -0.15) is 0 Å². The van der Waals surface area contributed by atoms with Gasteiger partial charge in [0, 0.05) is 32.1 Å². The zero-order valence-corrected chi connectivity index (χ0v) is 12.1. The van der Waals surface area contributed by atoms with Gasteiger partial charge in [0.25, 0.3) is 0 Å². The highest BCUT2D eigenvalue weighted by molar-refractivity contribution is 5.39. The SMILES string of the molecule is NC1CCCC2CN(Cc3ccc4c(c3)CCO4)CC12. The summed E-state index contributed by atoms with van der Waals surface area (Å²) in [6.07, 6.45) is 5.00. The predicted molar refractivity (Wildman–Crippen MR) is 79.7 cm³/mol. The number of likely N-dealkylation sites (tertiary alicyclic amines) is 1. The lowest BCUT2D eigenvalue weighted by Gasteiger charge is -2.29. The Morgan fingerprint density at radius 3 is 3.10 bits per heavy atom. The van der Waals surface area contributed by atoms with E-state index < -0.39 is 0 Å². The molecule has 1 saturated carbocycles. The van der Waals surface area contributed by atoms with Crippen molar-refractivity contribution in [3.8, 4) is 5.75 Å². The largest absolute Gasteiger partial charge is 0.493 e. The summed E-state index contributed by atoms with van der Waals surface area (Å²) in [6, 6.07) is 7.15. The number of benzene rings is 1. The molecule has 0 bridgehead atoms. The number of hydrogen-bond donors (Lipinski definition) is 1. The van der Waals surface area contributed by atoms with E-state index in [2.05, 4.69) is 23.1 Å². The van der Waals surface area contributed by atoms with Crippen LogP contribution in [0.5, 0.6) is 5.75 Å². The van der Waals surface area contributed by atoms with Gasteiger partial charge in [-0.15, -0.1) is 0 Å². The van der Waals surface area contributed by atoms with Crippen LogP contribution in [-0.2, 0) is 13.0 Å². The van der Waals surface area contributed by atoms with E-state index in [1.165, 1.54) is 43.5 Å². The highest BCUT2D eigenvalue weighted by Crippen LogP contribution is 2.36. The molecular formula is C17H24N2O. The molecule has 3 heteroatoms. The van der Waals surface area contributed by atoms with Gasteiger partial charge in [-0.1, -0.05) is 18.6 Å². The van der Waals surface area contributed by atoms with Crippen molar-refractivity contribution in [1.82, 2.24) is 4.90 Å². The van der Waals surface area contributed by atoms with Gasteiger partial charge in [-0.3, -0.25) is 4.90 Å². The molecule has 1 aliphatic carbocycles. The number of nitrogens with two attached hydrogens (primary N) is 1. The van der Waals surface area contributed by atoms with Crippen LogP contribution in [-0.4, -0.2) is 30.6 Å². The second-order valence-electron chi connectivity index (χ2n) is 6.75. The molecule has 0 radical (unpaired) electrons. The van der Waals surface area contributed by atoms with Gasteiger partial charge in [0.15, 0.2) is 0 Å². The summed E-state index contributed by atoms with van der Waals surface area (Å²) in [5.41, 5.74) is 9.12. The summed E-state index contributed by atoms with van der Waals surface area (Å²) in [6.45, 7) is 4.36. The van der Waals surface area contributed by atoms with E-state index in [9.17, 15) is 0 Å². The molecule has 1 aromatic carbocycles. The Hall–Kier alpha value is -1.06. The normalized spacial score (nSPS) is 32.8. The van der Waals surface area contributed by atoms with Gasteiger partial charge in [0.1, 0.15) is 5.75 Å². The van der Waals surface area contributed by atoms with E-state index in [4.69, 9.17) is 10.5 Å². The Bertz CT molecular complexity index is 502. The molecule has 4 rings (SSSR count). The number of fused-ring (bicyclic) bond motifs is 2. The topological polar surface area (TPSA) is 38.5 Å². The van der Waals surface area contributed by atoms with E-state index in [0.29, 0.717) is 6.04 Å². The summed E-state index contributed by atoms with van der Waals surface area (Å²) in [7, 11) is 0. The van der Waals surface area contributed by atoms with Crippen LogP contribution in [0, 0.1) is 11.8 Å². The van der Waals surface area contributed by atoms with Gasteiger partial charge in [-0.25, -0.2) is 0 Å². The van der Waals surface area contributed by atoms with Crippen molar-refractivity contribution in [1.29, 1.82) is 0 Å². The van der Waals surface area contributed by atoms with Crippen LogP contribution in [0.1, 0.15) is 30.4 Å². The van der Waals surface area contributed by atoms with Crippen LogP contribution in [0.2, 0.25) is 0 Å². The molecule has 2 aliphatic heterocycles. The van der Waals surface area contributed by atoms with Crippen LogP contribution < -0.4 is 10.5 Å². The molecule has 3 aliphatic rings. The molecule has 0 aromatic heterocycles. The fourth-order valence-corrected chi connectivity index (χ4v) is 4.33. The summed E-state index contributed by atoms with van der Waals surface area (Å²) in [5, 5.41) is 0. The van der Waals surface area contributed by atoms with Crippen LogP contribution in [0.3, 0.4) is 0 Å². The molecule has 2 heterocycles. The van der Waals surface area contributed by atoms with Crippen molar-refractivity contribution < 1.29 is 4.74 Å². The predicted octanol–water partition coefficient (Wildman–Crippen LogP) is 2.18. The Morgan fingerprint density at radius 2 is 2.20 bits per heavy atom. The number of nitrogens with zero attached hydrogens (tertiary/aromatic N) is 1. The smallest absolute Gasteiger partial charge is 0.122 e. The molecule has 3 unspecified atom stereocenters. The van der Waals surface area contributed by atoms with E-state index in [1.54, 1.807) is 0 Å². The molecular weight excluding hydrogens is 248 g/mol. The summed E-state index contributed by atoms with van der Waals surface area (Å²) >= 11 is 0. The van der Waals surface area contributed by atoms with Gasteiger partial charge in [0.2, 0.25) is 0 Å². The molecule has 0 spiro atoms. The second kappa shape index (κ2) is 5.05. The summed E-state index contributed by atoms with van der Waals surface area (Å²) in [5.74, 6) is 2.67. The lowest BCUT2D eigenvalue weighted by atomic mass is 9.78. The maximum absolute atomic E-state index is 6.31. The fourth-order valence-electron chi connectivity index (χ4n) is 4.33. The molecule has 108 valence electrons.